The highest BCUT2D eigenvalue weighted by Crippen LogP contribution is 2.22. The first-order valence-corrected chi connectivity index (χ1v) is 8.29. The number of pyridine rings is 1. The van der Waals surface area contributed by atoms with E-state index in [1.165, 1.54) is 32.1 Å². The first-order valence-electron chi connectivity index (χ1n) is 8.29. The van der Waals surface area contributed by atoms with Gasteiger partial charge < -0.3 is 10.2 Å². The second-order valence-electron chi connectivity index (χ2n) is 6.14. The third-order valence-corrected chi connectivity index (χ3v) is 4.41. The van der Waals surface area contributed by atoms with Crippen LogP contribution in [0.15, 0.2) is 48.8 Å². The van der Waals surface area contributed by atoms with E-state index in [1.54, 1.807) is 24.3 Å². The van der Waals surface area contributed by atoms with E-state index >= 15 is 0 Å². The number of hydrogen-bond donors (Lipinski definition) is 1. The zero-order chi connectivity index (χ0) is 16.1. The van der Waals surface area contributed by atoms with E-state index in [9.17, 15) is 4.79 Å². The summed E-state index contributed by atoms with van der Waals surface area (Å²) in [6, 6.07) is 12.1. The second kappa shape index (κ2) is 7.27. The zero-order valence-electron chi connectivity index (χ0n) is 13.5. The van der Waals surface area contributed by atoms with Crippen LogP contribution in [0.2, 0.25) is 0 Å². The lowest BCUT2D eigenvalue weighted by Crippen LogP contribution is -2.27. The van der Waals surface area contributed by atoms with E-state index in [4.69, 9.17) is 0 Å². The Morgan fingerprint density at radius 1 is 1.13 bits per heavy atom. The summed E-state index contributed by atoms with van der Waals surface area (Å²) < 4.78 is 0. The molecule has 0 radical (unpaired) electrons. The van der Waals surface area contributed by atoms with Crippen molar-refractivity contribution in [2.45, 2.75) is 38.1 Å². The number of anilines is 2. The molecule has 1 saturated carbocycles. The summed E-state index contributed by atoms with van der Waals surface area (Å²) in [5.41, 5.74) is 2.42. The standard InChI is InChI=1S/C19H23N3O/c1-22(18-10-6-3-7-11-18)19(23)15-12-17(14-20-13-15)21-16-8-4-2-5-9-16/h3,6-7,10-14,16,21H,2,4-5,8-9H2,1H3. The van der Waals surface area contributed by atoms with Gasteiger partial charge in [0.25, 0.3) is 5.91 Å². The lowest BCUT2D eigenvalue weighted by Gasteiger charge is -2.24. The van der Waals surface area contributed by atoms with Gasteiger partial charge in [0.15, 0.2) is 0 Å². The van der Waals surface area contributed by atoms with Crippen molar-refractivity contribution in [2.75, 3.05) is 17.3 Å². The van der Waals surface area contributed by atoms with Gasteiger partial charge in [0.05, 0.1) is 11.3 Å². The molecule has 4 heteroatoms. The summed E-state index contributed by atoms with van der Waals surface area (Å²) >= 11 is 0. The van der Waals surface area contributed by atoms with Crippen molar-refractivity contribution in [1.82, 2.24) is 4.98 Å². The molecular formula is C19H23N3O. The quantitative estimate of drug-likeness (QED) is 0.924. The summed E-state index contributed by atoms with van der Waals surface area (Å²) in [6.07, 6.45) is 9.71. The van der Waals surface area contributed by atoms with Gasteiger partial charge in [0.2, 0.25) is 0 Å². The van der Waals surface area contributed by atoms with Gasteiger partial charge in [0.1, 0.15) is 0 Å². The number of hydrogen-bond acceptors (Lipinski definition) is 3. The number of carbonyl (C=O) groups excluding carboxylic acids is 1. The summed E-state index contributed by atoms with van der Waals surface area (Å²) in [4.78, 5) is 18.5. The topological polar surface area (TPSA) is 45.2 Å². The lowest BCUT2D eigenvalue weighted by molar-refractivity contribution is 0.0992. The van der Waals surface area contributed by atoms with E-state index in [2.05, 4.69) is 10.3 Å². The van der Waals surface area contributed by atoms with E-state index in [1.807, 2.05) is 36.4 Å². The molecule has 0 atom stereocenters. The fourth-order valence-electron chi connectivity index (χ4n) is 3.08. The smallest absolute Gasteiger partial charge is 0.259 e. The lowest BCUT2D eigenvalue weighted by atomic mass is 9.95. The summed E-state index contributed by atoms with van der Waals surface area (Å²) in [5, 5.41) is 3.52. The molecule has 1 aliphatic carbocycles. The van der Waals surface area contributed by atoms with Crippen LogP contribution in [0.5, 0.6) is 0 Å². The summed E-state index contributed by atoms with van der Waals surface area (Å²) in [5.74, 6) is -0.0454. The summed E-state index contributed by atoms with van der Waals surface area (Å²) in [6.45, 7) is 0. The third kappa shape index (κ3) is 3.89. The first kappa shape index (κ1) is 15.5. The van der Waals surface area contributed by atoms with E-state index in [0.29, 0.717) is 11.6 Å². The van der Waals surface area contributed by atoms with Crippen LogP contribution in [0.4, 0.5) is 11.4 Å². The van der Waals surface area contributed by atoms with Crippen molar-refractivity contribution in [3.05, 3.63) is 54.4 Å². The minimum atomic E-state index is -0.0454. The molecule has 3 rings (SSSR count). The maximum Gasteiger partial charge on any atom is 0.259 e. The Balaban J connectivity index is 1.72. The van der Waals surface area contributed by atoms with Crippen molar-refractivity contribution in [3.63, 3.8) is 0 Å². The van der Waals surface area contributed by atoms with Gasteiger partial charge >= 0.3 is 0 Å². The van der Waals surface area contributed by atoms with E-state index in [0.717, 1.165) is 11.4 Å². The highest BCUT2D eigenvalue weighted by molar-refractivity contribution is 6.05. The van der Waals surface area contributed by atoms with Gasteiger partial charge in [-0.05, 0) is 31.0 Å². The normalized spacial score (nSPS) is 15.2. The van der Waals surface area contributed by atoms with Crippen LogP contribution in [0.25, 0.3) is 0 Å². The van der Waals surface area contributed by atoms with Crippen LogP contribution >= 0.6 is 0 Å². The Kier molecular flexibility index (Phi) is 4.91. The Labute approximate surface area is 137 Å². The molecule has 4 nitrogen and oxygen atoms in total. The largest absolute Gasteiger partial charge is 0.381 e. The molecule has 1 heterocycles. The van der Waals surface area contributed by atoms with Crippen LogP contribution < -0.4 is 10.2 Å². The Bertz CT molecular complexity index is 651. The molecular weight excluding hydrogens is 286 g/mol. The van der Waals surface area contributed by atoms with Crippen molar-refractivity contribution in [3.8, 4) is 0 Å². The van der Waals surface area contributed by atoms with Crippen molar-refractivity contribution in [1.29, 1.82) is 0 Å². The molecule has 1 amide bonds. The molecule has 1 fully saturated rings. The average molecular weight is 309 g/mol. The average Bonchev–Trinajstić information content (AvgIpc) is 2.62. The minimum Gasteiger partial charge on any atom is -0.381 e. The molecule has 1 N–H and O–H groups in total. The van der Waals surface area contributed by atoms with Crippen molar-refractivity contribution in [2.24, 2.45) is 0 Å². The number of para-hydroxylation sites is 1. The number of aromatic nitrogens is 1. The van der Waals surface area contributed by atoms with Crippen molar-refractivity contribution < 1.29 is 4.79 Å². The van der Waals surface area contributed by atoms with Crippen LogP contribution in [-0.4, -0.2) is 24.0 Å². The second-order valence-corrected chi connectivity index (χ2v) is 6.14. The van der Waals surface area contributed by atoms with Gasteiger partial charge in [-0.15, -0.1) is 0 Å². The van der Waals surface area contributed by atoms with Gasteiger partial charge in [-0.2, -0.15) is 0 Å². The number of benzene rings is 1. The zero-order valence-corrected chi connectivity index (χ0v) is 13.5. The molecule has 1 aliphatic rings. The maximum atomic E-state index is 12.6. The maximum absolute atomic E-state index is 12.6. The third-order valence-electron chi connectivity index (χ3n) is 4.41. The Hall–Kier alpha value is -2.36. The number of carbonyl (C=O) groups is 1. The molecule has 0 aliphatic heterocycles. The van der Waals surface area contributed by atoms with Gasteiger partial charge in [-0.25, -0.2) is 0 Å². The Morgan fingerprint density at radius 3 is 2.61 bits per heavy atom. The monoisotopic (exact) mass is 309 g/mol. The number of nitrogens with one attached hydrogen (secondary N) is 1. The van der Waals surface area contributed by atoms with Crippen LogP contribution in [-0.2, 0) is 0 Å². The fourth-order valence-corrected chi connectivity index (χ4v) is 3.08. The highest BCUT2D eigenvalue weighted by atomic mass is 16.2. The van der Waals surface area contributed by atoms with Gasteiger partial charge in [-0.1, -0.05) is 37.5 Å². The number of rotatable bonds is 4. The fraction of sp³-hybridized carbons (Fsp3) is 0.368. The predicted molar refractivity (Wildman–Crippen MR) is 93.9 cm³/mol. The molecule has 120 valence electrons. The van der Waals surface area contributed by atoms with Gasteiger partial charge in [0, 0.05) is 31.2 Å². The van der Waals surface area contributed by atoms with Crippen LogP contribution in [0, 0.1) is 0 Å². The molecule has 0 saturated heterocycles. The molecule has 23 heavy (non-hydrogen) atoms. The summed E-state index contributed by atoms with van der Waals surface area (Å²) in [7, 11) is 1.79. The molecule has 0 spiro atoms. The number of amides is 1. The minimum absolute atomic E-state index is 0.0454. The SMILES string of the molecule is CN(C(=O)c1cncc(NC2CCCCC2)c1)c1ccccc1. The predicted octanol–water partition coefficient (Wildman–Crippen LogP) is 4.10. The Morgan fingerprint density at radius 2 is 1.87 bits per heavy atom. The van der Waals surface area contributed by atoms with Gasteiger partial charge in [-0.3, -0.25) is 9.78 Å². The highest BCUT2D eigenvalue weighted by Gasteiger charge is 2.16. The molecule has 0 bridgehead atoms. The van der Waals surface area contributed by atoms with Crippen LogP contribution in [0.1, 0.15) is 42.5 Å². The molecule has 2 aromatic rings. The molecule has 0 unspecified atom stereocenters. The van der Waals surface area contributed by atoms with Crippen LogP contribution in [0.3, 0.4) is 0 Å². The van der Waals surface area contributed by atoms with Crippen molar-refractivity contribution >= 4 is 17.3 Å². The van der Waals surface area contributed by atoms with E-state index < -0.39 is 0 Å². The number of nitrogens with zero attached hydrogens (tertiary/aromatic N) is 2. The molecule has 1 aromatic heterocycles. The first-order chi connectivity index (χ1) is 11.2. The molecule has 1 aromatic carbocycles. The van der Waals surface area contributed by atoms with E-state index in [-0.39, 0.29) is 5.91 Å².